The maximum Gasteiger partial charge on any atom is 0.408 e. The average Bonchev–Trinajstić information content (AvgIpc) is 2.58. The minimum atomic E-state index is -0.831. The van der Waals surface area contributed by atoms with Gasteiger partial charge in [-0.3, -0.25) is 9.36 Å². The van der Waals surface area contributed by atoms with Crippen LogP contribution >= 0.6 is 11.6 Å². The highest BCUT2D eigenvalue weighted by molar-refractivity contribution is 6.30. The number of carbonyl (C=O) groups excluding carboxylic acids is 1. The van der Waals surface area contributed by atoms with Gasteiger partial charge in [0.1, 0.15) is 28.4 Å². The Morgan fingerprint density at radius 2 is 1.93 bits per heavy atom. The Bertz CT molecular complexity index is 1170. The van der Waals surface area contributed by atoms with E-state index in [0.717, 1.165) is 22.8 Å². The highest BCUT2D eigenvalue weighted by Crippen LogP contribution is 2.23. The molecular formula is C21H20ClF2N3O3. The zero-order chi connectivity index (χ0) is 22.2. The van der Waals surface area contributed by atoms with Crippen LogP contribution in [0.2, 0.25) is 5.02 Å². The molecule has 0 bridgehead atoms. The fourth-order valence-corrected chi connectivity index (χ4v) is 3.18. The molecule has 0 spiro atoms. The van der Waals surface area contributed by atoms with E-state index in [2.05, 4.69) is 10.3 Å². The summed E-state index contributed by atoms with van der Waals surface area (Å²) in [5, 5.41) is 2.38. The first kappa shape index (κ1) is 21.7. The van der Waals surface area contributed by atoms with Gasteiger partial charge in [-0.1, -0.05) is 17.7 Å². The number of hydrogen-bond donors (Lipinski definition) is 1. The third kappa shape index (κ3) is 4.59. The highest BCUT2D eigenvalue weighted by Gasteiger charge is 2.24. The molecule has 30 heavy (non-hydrogen) atoms. The molecule has 158 valence electrons. The van der Waals surface area contributed by atoms with Crippen LogP contribution in [-0.2, 0) is 4.74 Å². The summed E-state index contributed by atoms with van der Waals surface area (Å²) < 4.78 is 34.6. The number of ether oxygens (including phenoxy) is 1. The van der Waals surface area contributed by atoms with E-state index in [1.165, 1.54) is 18.2 Å². The number of aromatic nitrogens is 2. The highest BCUT2D eigenvalue weighted by atomic mass is 35.5. The zero-order valence-electron chi connectivity index (χ0n) is 16.8. The van der Waals surface area contributed by atoms with E-state index in [1.54, 1.807) is 27.7 Å². The third-order valence-corrected chi connectivity index (χ3v) is 4.32. The van der Waals surface area contributed by atoms with Gasteiger partial charge in [0.15, 0.2) is 0 Å². The molecule has 0 aliphatic rings. The fraction of sp³-hybridized carbons (Fsp3) is 0.286. The van der Waals surface area contributed by atoms with Crippen molar-refractivity contribution in [3.63, 3.8) is 0 Å². The Balaban J connectivity index is 2.22. The molecule has 0 saturated carbocycles. The van der Waals surface area contributed by atoms with Gasteiger partial charge >= 0.3 is 6.09 Å². The van der Waals surface area contributed by atoms with E-state index in [9.17, 15) is 18.4 Å². The van der Waals surface area contributed by atoms with Gasteiger partial charge in [-0.2, -0.15) is 0 Å². The van der Waals surface area contributed by atoms with Crippen molar-refractivity contribution in [2.45, 2.75) is 39.3 Å². The lowest BCUT2D eigenvalue weighted by molar-refractivity contribution is 0.0505. The number of fused-ring (bicyclic) bond motifs is 1. The predicted octanol–water partition coefficient (Wildman–Crippen LogP) is 4.90. The fourth-order valence-electron chi connectivity index (χ4n) is 2.96. The standard InChI is InChI=1S/C21H20ClF2N3O3/c1-11(25-20(29)30-21(2,3)4)18-26-16-7-5-6-15(24)17(16)19(28)27(18)14-9-12(22)8-13(23)10-14/h5-11H,1-4H3,(H,25,29)/t11-/m0/s1. The summed E-state index contributed by atoms with van der Waals surface area (Å²) in [6, 6.07) is 6.71. The maximum atomic E-state index is 14.4. The van der Waals surface area contributed by atoms with Crippen LogP contribution < -0.4 is 10.9 Å². The number of carbonyl (C=O) groups is 1. The number of alkyl carbamates (subject to hydrolysis) is 1. The van der Waals surface area contributed by atoms with E-state index >= 15 is 0 Å². The number of hydrogen-bond acceptors (Lipinski definition) is 4. The average molecular weight is 436 g/mol. The summed E-state index contributed by atoms with van der Waals surface area (Å²) >= 11 is 5.95. The predicted molar refractivity (Wildman–Crippen MR) is 110 cm³/mol. The van der Waals surface area contributed by atoms with E-state index in [-0.39, 0.29) is 27.4 Å². The molecular weight excluding hydrogens is 416 g/mol. The molecule has 0 aliphatic carbocycles. The van der Waals surface area contributed by atoms with Crippen molar-refractivity contribution in [3.05, 3.63) is 69.2 Å². The molecule has 3 rings (SSSR count). The number of benzene rings is 2. The van der Waals surface area contributed by atoms with Crippen molar-refractivity contribution in [3.8, 4) is 5.69 Å². The smallest absolute Gasteiger partial charge is 0.408 e. The number of amides is 1. The van der Waals surface area contributed by atoms with E-state index in [0.29, 0.717) is 0 Å². The molecule has 0 saturated heterocycles. The summed E-state index contributed by atoms with van der Waals surface area (Å²) in [4.78, 5) is 29.8. The van der Waals surface area contributed by atoms with Crippen molar-refractivity contribution >= 4 is 28.6 Å². The normalized spacial score (nSPS) is 12.6. The van der Waals surface area contributed by atoms with Gasteiger partial charge in [-0.05, 0) is 58.0 Å². The molecule has 0 unspecified atom stereocenters. The van der Waals surface area contributed by atoms with E-state index in [1.807, 2.05) is 0 Å². The van der Waals surface area contributed by atoms with Gasteiger partial charge in [-0.25, -0.2) is 18.6 Å². The summed E-state index contributed by atoms with van der Waals surface area (Å²) in [7, 11) is 0. The van der Waals surface area contributed by atoms with E-state index < -0.39 is 34.9 Å². The largest absolute Gasteiger partial charge is 0.444 e. The van der Waals surface area contributed by atoms with Gasteiger partial charge in [0.2, 0.25) is 0 Å². The Hall–Kier alpha value is -3.00. The van der Waals surface area contributed by atoms with Crippen molar-refractivity contribution in [2.24, 2.45) is 0 Å². The lowest BCUT2D eigenvalue weighted by Crippen LogP contribution is -2.37. The lowest BCUT2D eigenvalue weighted by Gasteiger charge is -2.23. The molecule has 0 aliphatic heterocycles. The van der Waals surface area contributed by atoms with Gasteiger partial charge in [0.25, 0.3) is 5.56 Å². The Kier molecular flexibility index (Phi) is 5.81. The van der Waals surface area contributed by atoms with Gasteiger partial charge in [0, 0.05) is 5.02 Å². The van der Waals surface area contributed by atoms with Crippen molar-refractivity contribution < 1.29 is 18.3 Å². The number of halogens is 3. The second-order valence-electron chi connectivity index (χ2n) is 7.74. The second kappa shape index (κ2) is 8.02. The van der Waals surface area contributed by atoms with E-state index in [4.69, 9.17) is 16.3 Å². The molecule has 1 N–H and O–H groups in total. The minimum Gasteiger partial charge on any atom is -0.444 e. The molecule has 1 atom stereocenters. The molecule has 1 heterocycles. The number of nitrogens with one attached hydrogen (secondary N) is 1. The van der Waals surface area contributed by atoms with Crippen molar-refractivity contribution in [1.29, 1.82) is 0 Å². The topological polar surface area (TPSA) is 73.2 Å². The first-order chi connectivity index (χ1) is 14.0. The molecule has 1 amide bonds. The van der Waals surface area contributed by atoms with Crippen molar-refractivity contribution in [1.82, 2.24) is 14.9 Å². The molecule has 0 radical (unpaired) electrons. The Morgan fingerprint density at radius 1 is 1.23 bits per heavy atom. The Labute approximate surface area is 176 Å². The molecule has 3 aromatic rings. The maximum absolute atomic E-state index is 14.4. The first-order valence-electron chi connectivity index (χ1n) is 9.13. The molecule has 0 fully saturated rings. The van der Waals surface area contributed by atoms with Crippen LogP contribution in [0.1, 0.15) is 39.6 Å². The van der Waals surface area contributed by atoms with Gasteiger partial charge in [0.05, 0.1) is 17.2 Å². The van der Waals surface area contributed by atoms with Crippen LogP contribution in [0.25, 0.3) is 16.6 Å². The molecule has 6 nitrogen and oxygen atoms in total. The van der Waals surface area contributed by atoms with Crippen LogP contribution in [0.3, 0.4) is 0 Å². The SMILES string of the molecule is C[C@H](NC(=O)OC(C)(C)C)c1nc2cccc(F)c2c(=O)n1-c1cc(F)cc(Cl)c1. The quantitative estimate of drug-likeness (QED) is 0.634. The minimum absolute atomic E-state index is 0.0456. The van der Waals surface area contributed by atoms with Crippen LogP contribution in [0.15, 0.2) is 41.2 Å². The second-order valence-corrected chi connectivity index (χ2v) is 8.18. The van der Waals surface area contributed by atoms with Gasteiger partial charge < -0.3 is 10.1 Å². The summed E-state index contributed by atoms with van der Waals surface area (Å²) in [6.07, 6.45) is -0.729. The van der Waals surface area contributed by atoms with Crippen LogP contribution in [0.4, 0.5) is 13.6 Å². The molecule has 9 heteroatoms. The van der Waals surface area contributed by atoms with Crippen molar-refractivity contribution in [2.75, 3.05) is 0 Å². The molecule has 1 aromatic heterocycles. The monoisotopic (exact) mass is 435 g/mol. The van der Waals surface area contributed by atoms with Crippen LogP contribution in [0, 0.1) is 11.6 Å². The number of nitrogens with zero attached hydrogens (tertiary/aromatic N) is 2. The van der Waals surface area contributed by atoms with Crippen LogP contribution in [0.5, 0.6) is 0 Å². The zero-order valence-corrected chi connectivity index (χ0v) is 17.6. The summed E-state index contributed by atoms with van der Waals surface area (Å²) in [5.41, 5.74) is -1.34. The first-order valence-corrected chi connectivity index (χ1v) is 9.51. The lowest BCUT2D eigenvalue weighted by atomic mass is 10.2. The Morgan fingerprint density at radius 3 is 2.57 bits per heavy atom. The summed E-state index contributed by atoms with van der Waals surface area (Å²) in [5.74, 6) is -1.39. The third-order valence-electron chi connectivity index (χ3n) is 4.10. The van der Waals surface area contributed by atoms with Gasteiger partial charge in [-0.15, -0.1) is 0 Å². The van der Waals surface area contributed by atoms with Crippen LogP contribution in [-0.4, -0.2) is 21.2 Å². The number of rotatable bonds is 3. The molecule has 2 aromatic carbocycles. The summed E-state index contributed by atoms with van der Waals surface area (Å²) in [6.45, 7) is 6.70.